The maximum Gasteiger partial charge on any atom is 0.111 e. The van der Waals surface area contributed by atoms with Crippen LogP contribution < -0.4 is 0 Å². The lowest BCUT2D eigenvalue weighted by atomic mass is 10.1. The number of aromatic nitrogens is 1. The van der Waals surface area contributed by atoms with Crippen molar-refractivity contribution in [1.82, 2.24) is 4.98 Å². The Hall–Kier alpha value is -0.970. The summed E-state index contributed by atoms with van der Waals surface area (Å²) in [6.45, 7) is 1.59. The Morgan fingerprint density at radius 2 is 2.43 bits per heavy atom. The molecule has 0 saturated carbocycles. The van der Waals surface area contributed by atoms with Crippen LogP contribution in [0.3, 0.4) is 0 Å². The van der Waals surface area contributed by atoms with Gasteiger partial charge in [-0.1, -0.05) is 6.07 Å². The molecular formula is C10H13NO3. The van der Waals surface area contributed by atoms with E-state index in [1.807, 2.05) is 6.07 Å². The van der Waals surface area contributed by atoms with E-state index in [-0.39, 0.29) is 6.10 Å². The minimum absolute atomic E-state index is 0.270. The van der Waals surface area contributed by atoms with Crippen molar-refractivity contribution in [3.8, 4) is 0 Å². The highest BCUT2D eigenvalue weighted by Crippen LogP contribution is 2.20. The Morgan fingerprint density at radius 1 is 1.50 bits per heavy atom. The van der Waals surface area contributed by atoms with E-state index < -0.39 is 6.10 Å². The molecule has 2 unspecified atom stereocenters. The molecule has 0 aliphatic carbocycles. The molecule has 2 rings (SSSR count). The van der Waals surface area contributed by atoms with Gasteiger partial charge >= 0.3 is 0 Å². The highest BCUT2D eigenvalue weighted by Gasteiger charge is 2.24. The van der Waals surface area contributed by atoms with E-state index in [4.69, 9.17) is 9.47 Å². The second-order valence-corrected chi connectivity index (χ2v) is 3.22. The maximum absolute atomic E-state index is 9.90. The summed E-state index contributed by atoms with van der Waals surface area (Å²) >= 11 is 0. The van der Waals surface area contributed by atoms with Gasteiger partial charge in [-0.3, -0.25) is 4.98 Å². The van der Waals surface area contributed by atoms with Gasteiger partial charge in [0, 0.05) is 18.0 Å². The Morgan fingerprint density at radius 3 is 3.07 bits per heavy atom. The molecule has 1 saturated heterocycles. The van der Waals surface area contributed by atoms with Crippen LogP contribution >= 0.6 is 0 Å². The summed E-state index contributed by atoms with van der Waals surface area (Å²) in [5.74, 6) is 0. The monoisotopic (exact) mass is 195 g/mol. The standard InChI is InChI=1S/C10H13NO3/c12-10(8-2-1-3-11-6-8)9-7-13-4-5-14-9/h1-3,6,9-10,12H,4-5,7H2. The summed E-state index contributed by atoms with van der Waals surface area (Å²) in [4.78, 5) is 3.94. The van der Waals surface area contributed by atoms with E-state index in [1.165, 1.54) is 0 Å². The molecule has 0 spiro atoms. The van der Waals surface area contributed by atoms with E-state index >= 15 is 0 Å². The normalized spacial score (nSPS) is 24.5. The molecular weight excluding hydrogens is 182 g/mol. The van der Waals surface area contributed by atoms with Crippen molar-refractivity contribution < 1.29 is 14.6 Å². The number of hydrogen-bond donors (Lipinski definition) is 1. The van der Waals surface area contributed by atoms with Gasteiger partial charge < -0.3 is 14.6 Å². The molecule has 1 aromatic heterocycles. The molecule has 1 fully saturated rings. The van der Waals surface area contributed by atoms with E-state index in [0.717, 1.165) is 5.56 Å². The van der Waals surface area contributed by atoms with Gasteiger partial charge in [-0.15, -0.1) is 0 Å². The number of nitrogens with zero attached hydrogens (tertiary/aromatic N) is 1. The Kier molecular flexibility index (Phi) is 3.08. The van der Waals surface area contributed by atoms with Crippen molar-refractivity contribution in [3.63, 3.8) is 0 Å². The van der Waals surface area contributed by atoms with E-state index in [0.29, 0.717) is 19.8 Å². The van der Waals surface area contributed by atoms with Crippen LogP contribution in [-0.2, 0) is 9.47 Å². The molecule has 1 aliphatic heterocycles. The molecule has 76 valence electrons. The summed E-state index contributed by atoms with van der Waals surface area (Å²) < 4.78 is 10.6. The van der Waals surface area contributed by atoms with Crippen molar-refractivity contribution in [2.45, 2.75) is 12.2 Å². The second kappa shape index (κ2) is 4.50. The molecule has 0 radical (unpaired) electrons. The highest BCUT2D eigenvalue weighted by molar-refractivity contribution is 5.13. The van der Waals surface area contributed by atoms with Gasteiger partial charge in [0.1, 0.15) is 12.2 Å². The summed E-state index contributed by atoms with van der Waals surface area (Å²) in [5, 5.41) is 9.90. The molecule has 2 heterocycles. The average Bonchev–Trinajstić information content (AvgIpc) is 2.30. The first-order chi connectivity index (χ1) is 6.88. The molecule has 1 aromatic rings. The molecule has 14 heavy (non-hydrogen) atoms. The number of rotatable bonds is 2. The van der Waals surface area contributed by atoms with E-state index in [1.54, 1.807) is 18.5 Å². The first-order valence-corrected chi connectivity index (χ1v) is 4.65. The van der Waals surface area contributed by atoms with Gasteiger partial charge in [0.2, 0.25) is 0 Å². The second-order valence-electron chi connectivity index (χ2n) is 3.22. The van der Waals surface area contributed by atoms with Crippen LogP contribution in [0.1, 0.15) is 11.7 Å². The number of ether oxygens (including phenoxy) is 2. The van der Waals surface area contributed by atoms with Crippen LogP contribution in [0.25, 0.3) is 0 Å². The van der Waals surface area contributed by atoms with Crippen molar-refractivity contribution in [1.29, 1.82) is 0 Å². The molecule has 0 aromatic carbocycles. The lowest BCUT2D eigenvalue weighted by molar-refractivity contribution is -0.133. The first-order valence-electron chi connectivity index (χ1n) is 4.65. The summed E-state index contributed by atoms with van der Waals surface area (Å²) in [5.41, 5.74) is 0.767. The zero-order valence-corrected chi connectivity index (χ0v) is 7.80. The number of aliphatic hydroxyl groups is 1. The zero-order valence-electron chi connectivity index (χ0n) is 7.80. The maximum atomic E-state index is 9.90. The summed E-state index contributed by atoms with van der Waals surface area (Å²) in [7, 11) is 0. The Bertz CT molecular complexity index is 272. The van der Waals surface area contributed by atoms with E-state index in [9.17, 15) is 5.11 Å². The summed E-state index contributed by atoms with van der Waals surface area (Å²) in [6, 6.07) is 3.62. The Labute approximate surface area is 82.5 Å². The van der Waals surface area contributed by atoms with Gasteiger partial charge in [0.25, 0.3) is 0 Å². The van der Waals surface area contributed by atoms with Crippen LogP contribution in [-0.4, -0.2) is 36.0 Å². The third-order valence-corrected chi connectivity index (χ3v) is 2.22. The molecule has 1 aliphatic rings. The van der Waals surface area contributed by atoms with E-state index in [2.05, 4.69) is 4.98 Å². The minimum Gasteiger partial charge on any atom is -0.386 e. The van der Waals surface area contributed by atoms with Gasteiger partial charge in [-0.25, -0.2) is 0 Å². The molecule has 0 bridgehead atoms. The van der Waals surface area contributed by atoms with Crippen molar-refractivity contribution >= 4 is 0 Å². The fraction of sp³-hybridized carbons (Fsp3) is 0.500. The Balaban J connectivity index is 2.03. The SMILES string of the molecule is OC(c1cccnc1)C1COCCO1. The van der Waals surface area contributed by atoms with Crippen LogP contribution in [0.15, 0.2) is 24.5 Å². The fourth-order valence-corrected chi connectivity index (χ4v) is 1.45. The van der Waals surface area contributed by atoms with Crippen molar-refractivity contribution in [2.24, 2.45) is 0 Å². The molecule has 4 nitrogen and oxygen atoms in total. The average molecular weight is 195 g/mol. The quantitative estimate of drug-likeness (QED) is 0.748. The van der Waals surface area contributed by atoms with Gasteiger partial charge in [0.15, 0.2) is 0 Å². The third-order valence-electron chi connectivity index (χ3n) is 2.22. The number of pyridine rings is 1. The smallest absolute Gasteiger partial charge is 0.111 e. The third kappa shape index (κ3) is 2.09. The number of hydrogen-bond acceptors (Lipinski definition) is 4. The van der Waals surface area contributed by atoms with Gasteiger partial charge in [0.05, 0.1) is 19.8 Å². The largest absolute Gasteiger partial charge is 0.386 e. The van der Waals surface area contributed by atoms with Crippen LogP contribution in [0, 0.1) is 0 Å². The highest BCUT2D eigenvalue weighted by atomic mass is 16.6. The summed E-state index contributed by atoms with van der Waals surface area (Å²) in [6.07, 6.45) is 2.40. The van der Waals surface area contributed by atoms with Crippen LogP contribution in [0.5, 0.6) is 0 Å². The molecule has 0 amide bonds. The zero-order chi connectivity index (χ0) is 9.80. The topological polar surface area (TPSA) is 51.6 Å². The predicted molar refractivity (Wildman–Crippen MR) is 49.8 cm³/mol. The van der Waals surface area contributed by atoms with Crippen molar-refractivity contribution in [2.75, 3.05) is 19.8 Å². The lowest BCUT2D eigenvalue weighted by Gasteiger charge is -2.27. The van der Waals surface area contributed by atoms with Gasteiger partial charge in [-0.2, -0.15) is 0 Å². The predicted octanol–water partition coefficient (Wildman–Crippen LogP) is 0.530. The fourth-order valence-electron chi connectivity index (χ4n) is 1.45. The van der Waals surface area contributed by atoms with Crippen LogP contribution in [0.2, 0.25) is 0 Å². The molecule has 2 atom stereocenters. The lowest BCUT2D eigenvalue weighted by Crippen LogP contribution is -2.33. The molecule has 4 heteroatoms. The minimum atomic E-state index is -0.649. The molecule has 1 N–H and O–H groups in total. The first kappa shape index (κ1) is 9.58. The number of aliphatic hydroxyl groups excluding tert-OH is 1. The van der Waals surface area contributed by atoms with Gasteiger partial charge in [-0.05, 0) is 6.07 Å². The van der Waals surface area contributed by atoms with Crippen LogP contribution in [0.4, 0.5) is 0 Å². The van der Waals surface area contributed by atoms with Crippen molar-refractivity contribution in [3.05, 3.63) is 30.1 Å².